The molecule has 0 bridgehead atoms. The highest BCUT2D eigenvalue weighted by molar-refractivity contribution is 5.69. The van der Waals surface area contributed by atoms with E-state index in [2.05, 4.69) is 53.7 Å². The van der Waals surface area contributed by atoms with Gasteiger partial charge in [0.2, 0.25) is 0 Å². The van der Waals surface area contributed by atoms with Gasteiger partial charge in [-0.2, -0.15) is 0 Å². The minimum Gasteiger partial charge on any atom is -0.372 e. The molecule has 1 aromatic rings. The summed E-state index contributed by atoms with van der Waals surface area (Å²) in [6.07, 6.45) is 0. The van der Waals surface area contributed by atoms with Crippen LogP contribution in [-0.2, 0) is 28.6 Å². The minimum absolute atomic E-state index is 0.508. The molecule has 0 spiro atoms. The molecule has 186 valence electrons. The summed E-state index contributed by atoms with van der Waals surface area (Å²) in [6, 6.07) is 6.64. The van der Waals surface area contributed by atoms with Crippen molar-refractivity contribution < 1.29 is 28.6 Å². The van der Waals surface area contributed by atoms with Gasteiger partial charge in [0.15, 0.2) is 0 Å². The van der Waals surface area contributed by atoms with Gasteiger partial charge < -0.3 is 43.3 Å². The van der Waals surface area contributed by atoms with Crippen LogP contribution in [0.3, 0.4) is 0 Å². The molecule has 0 heterocycles. The molecule has 9 heteroatoms. The summed E-state index contributed by atoms with van der Waals surface area (Å²) in [5.74, 6) is 0. The van der Waals surface area contributed by atoms with E-state index < -0.39 is 0 Å². The van der Waals surface area contributed by atoms with Crippen LogP contribution in [-0.4, -0.2) is 80.5 Å². The molecule has 9 nitrogen and oxygen atoms in total. The summed E-state index contributed by atoms with van der Waals surface area (Å²) in [6.45, 7) is 22.3. The van der Waals surface area contributed by atoms with Crippen molar-refractivity contribution >= 4 is 37.4 Å². The predicted molar refractivity (Wildman–Crippen MR) is 132 cm³/mol. The third-order valence-corrected chi connectivity index (χ3v) is 4.32. The Labute approximate surface area is 194 Å². The predicted octanol–water partition coefficient (Wildman–Crippen LogP) is 3.20. The molecule has 1 aromatic carbocycles. The summed E-state index contributed by atoms with van der Waals surface area (Å²) in [5.41, 5.74) is 3.45. The third kappa shape index (κ3) is 13.0. The number of rotatable bonds is 14. The number of hydrogen-bond donors (Lipinski definition) is 0. The van der Waals surface area contributed by atoms with Gasteiger partial charge in [-0.3, -0.25) is 0 Å². The average Bonchev–Trinajstić information content (AvgIpc) is 2.87. The van der Waals surface area contributed by atoms with Gasteiger partial charge in [-0.15, -0.1) is 0 Å². The number of anilines is 3. The Kier molecular flexibility index (Phi) is 26.4. The van der Waals surface area contributed by atoms with Gasteiger partial charge in [-0.25, -0.2) is 0 Å². The van der Waals surface area contributed by atoms with Crippen LogP contribution in [0.25, 0.3) is 0 Å². The maximum Gasteiger partial charge on any atom is 0.120 e. The van der Waals surface area contributed by atoms with E-state index in [1.807, 2.05) is 34.2 Å². The highest BCUT2D eigenvalue weighted by Gasteiger charge is 2.14. The van der Waals surface area contributed by atoms with Gasteiger partial charge in [0.1, 0.15) is 40.6 Å². The zero-order chi connectivity index (χ0) is 25.4. The summed E-state index contributed by atoms with van der Waals surface area (Å²) in [5, 5.41) is 0. The van der Waals surface area contributed by atoms with Crippen molar-refractivity contribution in [3.05, 3.63) is 18.2 Å². The van der Waals surface area contributed by atoms with Gasteiger partial charge in [-0.05, 0) is 52.8 Å². The number of carbonyl (C=O) groups is 3. The second-order valence-corrected chi connectivity index (χ2v) is 5.94. The Morgan fingerprint density at radius 1 is 0.594 bits per heavy atom. The third-order valence-electron chi connectivity index (χ3n) is 4.32. The number of methoxy groups -OCH3 is 1. The van der Waals surface area contributed by atoms with E-state index >= 15 is 0 Å². The van der Waals surface area contributed by atoms with Gasteiger partial charge in [0, 0.05) is 57.0 Å². The monoisotopic (exact) mass is 457 g/mol. The Morgan fingerprint density at radius 2 is 0.938 bits per heavy atom. The lowest BCUT2D eigenvalue weighted by Crippen LogP contribution is -2.31. The molecule has 0 saturated carbocycles. The van der Waals surface area contributed by atoms with E-state index in [1.165, 1.54) is 5.69 Å². The standard InChI is InChI=1S/C20H37N3O3.3CH2O/c1-7-21(8-2)18-12-19(22(9-3)15-24-6)14-20(13-18)23(16-25-10-4)17-26-11-5;3*1-2/h12-14H,7-11,15-17H2,1-6H3;3*1H2. The minimum atomic E-state index is 0.508. The van der Waals surface area contributed by atoms with Crippen LogP contribution in [0, 0.1) is 0 Å². The summed E-state index contributed by atoms with van der Waals surface area (Å²) in [4.78, 5) is 30.7. The zero-order valence-electron chi connectivity index (χ0n) is 20.8. The fourth-order valence-corrected chi connectivity index (χ4v) is 2.81. The van der Waals surface area contributed by atoms with E-state index in [1.54, 1.807) is 7.11 Å². The van der Waals surface area contributed by atoms with Gasteiger partial charge in [0.25, 0.3) is 0 Å². The first-order valence-electron chi connectivity index (χ1n) is 10.6. The molecule has 0 unspecified atom stereocenters. The zero-order valence-corrected chi connectivity index (χ0v) is 20.8. The Bertz CT molecular complexity index is 534. The van der Waals surface area contributed by atoms with Crippen LogP contribution >= 0.6 is 0 Å². The van der Waals surface area contributed by atoms with Crippen LogP contribution in [0.2, 0.25) is 0 Å². The summed E-state index contributed by atoms with van der Waals surface area (Å²) in [7, 11) is 1.73. The van der Waals surface area contributed by atoms with E-state index in [0.29, 0.717) is 33.4 Å². The molecule has 0 saturated heterocycles. The molecule has 0 aliphatic carbocycles. The largest absolute Gasteiger partial charge is 0.372 e. The lowest BCUT2D eigenvalue weighted by Gasteiger charge is -2.30. The first-order chi connectivity index (χ1) is 15.6. The smallest absolute Gasteiger partial charge is 0.120 e. The molecule has 0 aromatic heterocycles. The molecule has 0 N–H and O–H groups in total. The Hall–Kier alpha value is -2.49. The molecule has 0 aliphatic heterocycles. The van der Waals surface area contributed by atoms with Gasteiger partial charge >= 0.3 is 0 Å². The number of ether oxygens (including phenoxy) is 3. The van der Waals surface area contributed by atoms with Crippen molar-refractivity contribution in [2.75, 3.05) is 74.9 Å². The SMILES string of the molecule is C=O.C=O.C=O.CCOCN(COCC)c1cc(N(CC)CC)cc(N(CC)COC)c1. The van der Waals surface area contributed by atoms with Crippen LogP contribution in [0.15, 0.2) is 18.2 Å². The van der Waals surface area contributed by atoms with Crippen LogP contribution in [0.4, 0.5) is 17.1 Å². The molecular formula is C23H43N3O6. The van der Waals surface area contributed by atoms with Crippen LogP contribution in [0.1, 0.15) is 34.6 Å². The van der Waals surface area contributed by atoms with Crippen molar-refractivity contribution in [1.82, 2.24) is 0 Å². The van der Waals surface area contributed by atoms with Crippen molar-refractivity contribution in [3.8, 4) is 0 Å². The van der Waals surface area contributed by atoms with E-state index in [0.717, 1.165) is 31.0 Å². The van der Waals surface area contributed by atoms with Crippen molar-refractivity contribution in [1.29, 1.82) is 0 Å². The number of carbonyl (C=O) groups excluding carboxylic acids is 3. The Balaban J connectivity index is -0.00000129. The second-order valence-electron chi connectivity index (χ2n) is 5.94. The summed E-state index contributed by atoms with van der Waals surface area (Å²) >= 11 is 0. The normalized spacial score (nSPS) is 9.19. The maximum atomic E-state index is 8.00. The lowest BCUT2D eigenvalue weighted by atomic mass is 10.2. The van der Waals surface area contributed by atoms with E-state index in [9.17, 15) is 0 Å². The Morgan fingerprint density at radius 3 is 1.25 bits per heavy atom. The molecule has 32 heavy (non-hydrogen) atoms. The molecule has 0 fully saturated rings. The summed E-state index contributed by atoms with van der Waals surface area (Å²) < 4.78 is 16.7. The molecule has 0 amide bonds. The lowest BCUT2D eigenvalue weighted by molar-refractivity contribution is -0.0987. The molecule has 1 rings (SSSR count). The quantitative estimate of drug-likeness (QED) is 0.391. The molecule has 0 aliphatic rings. The maximum absolute atomic E-state index is 8.00. The van der Waals surface area contributed by atoms with Gasteiger partial charge in [-0.1, -0.05) is 0 Å². The molecule has 0 atom stereocenters. The first-order valence-corrected chi connectivity index (χ1v) is 10.6. The van der Waals surface area contributed by atoms with Gasteiger partial charge in [0.05, 0.1) is 0 Å². The first kappa shape index (κ1) is 34.1. The van der Waals surface area contributed by atoms with E-state index in [4.69, 9.17) is 28.6 Å². The highest BCUT2D eigenvalue weighted by atomic mass is 16.5. The van der Waals surface area contributed by atoms with E-state index in [-0.39, 0.29) is 0 Å². The van der Waals surface area contributed by atoms with Crippen LogP contribution in [0.5, 0.6) is 0 Å². The highest BCUT2D eigenvalue weighted by Crippen LogP contribution is 2.30. The number of benzene rings is 1. The molecular weight excluding hydrogens is 414 g/mol. The average molecular weight is 458 g/mol. The number of hydrogen-bond acceptors (Lipinski definition) is 9. The van der Waals surface area contributed by atoms with Crippen LogP contribution < -0.4 is 14.7 Å². The van der Waals surface area contributed by atoms with Crippen molar-refractivity contribution in [3.63, 3.8) is 0 Å². The topological polar surface area (TPSA) is 88.6 Å². The number of nitrogens with zero attached hydrogens (tertiary/aromatic N) is 3. The molecule has 0 radical (unpaired) electrons. The second kappa shape index (κ2) is 24.8. The van der Waals surface area contributed by atoms with Crippen molar-refractivity contribution in [2.45, 2.75) is 34.6 Å². The fourth-order valence-electron chi connectivity index (χ4n) is 2.81. The van der Waals surface area contributed by atoms with Crippen molar-refractivity contribution in [2.24, 2.45) is 0 Å². The fraction of sp³-hybridized carbons (Fsp3) is 0.609.